The molecular weight excluding hydrogens is 287 g/mol. The molecule has 112 valence electrons. The minimum Gasteiger partial charge on any atom is -0.480 e. The predicted molar refractivity (Wildman–Crippen MR) is 61.0 cm³/mol. The monoisotopic (exact) mass is 303 g/mol. The van der Waals surface area contributed by atoms with Gasteiger partial charge < -0.3 is 5.11 Å². The molecule has 1 aliphatic carbocycles. The van der Waals surface area contributed by atoms with Gasteiger partial charge in [0.2, 0.25) is 10.0 Å². The summed E-state index contributed by atoms with van der Waals surface area (Å²) in [5.41, 5.74) is 0. The number of hydrogen-bond acceptors (Lipinski definition) is 3. The first-order valence-electron chi connectivity index (χ1n) is 5.84. The molecule has 2 N–H and O–H groups in total. The Morgan fingerprint density at radius 1 is 1.26 bits per heavy atom. The fourth-order valence-corrected chi connectivity index (χ4v) is 3.77. The van der Waals surface area contributed by atoms with Gasteiger partial charge in [0.1, 0.15) is 6.04 Å². The Bertz CT molecular complexity index is 427. The van der Waals surface area contributed by atoms with Crippen LogP contribution in [0, 0.1) is 5.92 Å². The summed E-state index contributed by atoms with van der Waals surface area (Å²) in [7, 11) is -3.89. The summed E-state index contributed by atoms with van der Waals surface area (Å²) in [6.45, 7) is 1.17. The zero-order valence-corrected chi connectivity index (χ0v) is 11.1. The van der Waals surface area contributed by atoms with Crippen LogP contribution in [0.5, 0.6) is 0 Å². The number of halogens is 3. The Hall–Kier alpha value is -0.830. The van der Waals surface area contributed by atoms with Gasteiger partial charge in [-0.25, -0.2) is 13.1 Å². The van der Waals surface area contributed by atoms with Crippen LogP contribution in [0.4, 0.5) is 13.2 Å². The van der Waals surface area contributed by atoms with Crippen molar-refractivity contribution in [2.24, 2.45) is 5.92 Å². The van der Waals surface area contributed by atoms with E-state index in [-0.39, 0.29) is 25.7 Å². The summed E-state index contributed by atoms with van der Waals surface area (Å²) in [6.07, 6.45) is -4.98. The van der Waals surface area contributed by atoms with Gasteiger partial charge in [-0.05, 0) is 32.6 Å². The van der Waals surface area contributed by atoms with E-state index in [1.807, 2.05) is 4.72 Å². The van der Waals surface area contributed by atoms with Gasteiger partial charge in [-0.15, -0.1) is 0 Å². The van der Waals surface area contributed by atoms with Crippen LogP contribution in [-0.2, 0) is 14.8 Å². The van der Waals surface area contributed by atoms with Crippen LogP contribution in [0.15, 0.2) is 0 Å². The maximum Gasteiger partial charge on any atom is 0.391 e. The van der Waals surface area contributed by atoms with Crippen molar-refractivity contribution in [3.63, 3.8) is 0 Å². The number of aliphatic carboxylic acids is 1. The van der Waals surface area contributed by atoms with Gasteiger partial charge in [-0.2, -0.15) is 13.2 Å². The van der Waals surface area contributed by atoms with Crippen molar-refractivity contribution in [1.82, 2.24) is 4.72 Å². The number of hydrogen-bond donors (Lipinski definition) is 2. The van der Waals surface area contributed by atoms with Gasteiger partial charge in [0.05, 0.1) is 11.2 Å². The van der Waals surface area contributed by atoms with Crippen molar-refractivity contribution in [2.75, 3.05) is 0 Å². The quantitative estimate of drug-likeness (QED) is 0.824. The lowest BCUT2D eigenvalue weighted by Crippen LogP contribution is -2.45. The highest BCUT2D eigenvalue weighted by Gasteiger charge is 2.43. The second kappa shape index (κ2) is 5.66. The molecule has 0 heterocycles. The fourth-order valence-electron chi connectivity index (χ4n) is 2.09. The highest BCUT2D eigenvalue weighted by Crippen LogP contribution is 2.38. The standard InChI is InChI=1S/C10H16F3NO4S/c1-6(9(15)16)14-19(17,18)8-4-2-7(3-5-8)10(11,12)13/h6-8,14H,2-5H2,1H3,(H,15,16)/t6-,7?,8?/m0/s1. The van der Waals surface area contributed by atoms with Gasteiger partial charge in [0.25, 0.3) is 0 Å². The van der Waals surface area contributed by atoms with E-state index in [0.29, 0.717) is 0 Å². The van der Waals surface area contributed by atoms with Crippen molar-refractivity contribution in [1.29, 1.82) is 0 Å². The van der Waals surface area contributed by atoms with Gasteiger partial charge in [-0.3, -0.25) is 4.79 Å². The summed E-state index contributed by atoms with van der Waals surface area (Å²) in [4.78, 5) is 10.6. The molecule has 1 aliphatic rings. The van der Waals surface area contributed by atoms with E-state index in [1.54, 1.807) is 0 Å². The highest BCUT2D eigenvalue weighted by molar-refractivity contribution is 7.90. The topological polar surface area (TPSA) is 83.5 Å². The molecule has 5 nitrogen and oxygen atoms in total. The summed E-state index contributed by atoms with van der Waals surface area (Å²) in [5.74, 6) is -2.79. The lowest BCUT2D eigenvalue weighted by molar-refractivity contribution is -0.181. The summed E-state index contributed by atoms with van der Waals surface area (Å²) < 4.78 is 62.9. The molecule has 0 aliphatic heterocycles. The molecule has 0 aromatic rings. The first-order valence-corrected chi connectivity index (χ1v) is 7.39. The number of nitrogens with one attached hydrogen (secondary N) is 1. The number of alkyl halides is 3. The molecule has 0 aromatic heterocycles. The van der Waals surface area contributed by atoms with Crippen LogP contribution >= 0.6 is 0 Å². The average molecular weight is 303 g/mol. The molecule has 0 saturated heterocycles. The van der Waals surface area contributed by atoms with Crippen LogP contribution in [-0.4, -0.2) is 37.0 Å². The van der Waals surface area contributed by atoms with E-state index in [0.717, 1.165) is 0 Å². The largest absolute Gasteiger partial charge is 0.480 e. The second-order valence-corrected chi connectivity index (χ2v) is 6.73. The van der Waals surface area contributed by atoms with E-state index >= 15 is 0 Å². The molecule has 9 heteroatoms. The van der Waals surface area contributed by atoms with Gasteiger partial charge in [0.15, 0.2) is 0 Å². The number of carboxylic acids is 1. The third-order valence-electron chi connectivity index (χ3n) is 3.29. The van der Waals surface area contributed by atoms with Gasteiger partial charge >= 0.3 is 12.1 Å². The van der Waals surface area contributed by atoms with Crippen molar-refractivity contribution >= 4 is 16.0 Å². The average Bonchev–Trinajstić information content (AvgIpc) is 2.27. The Balaban J connectivity index is 2.62. The van der Waals surface area contributed by atoms with Crippen LogP contribution in [0.25, 0.3) is 0 Å². The summed E-state index contributed by atoms with van der Waals surface area (Å²) in [6, 6.07) is -1.29. The van der Waals surface area contributed by atoms with E-state index in [4.69, 9.17) is 5.11 Å². The Morgan fingerprint density at radius 2 is 1.74 bits per heavy atom. The third-order valence-corrected chi connectivity index (χ3v) is 5.32. The predicted octanol–water partition coefficient (Wildman–Crippen LogP) is 1.50. The maximum absolute atomic E-state index is 12.4. The van der Waals surface area contributed by atoms with E-state index in [2.05, 4.69) is 0 Å². The SMILES string of the molecule is C[C@H](NS(=O)(=O)C1CCC(C(F)(F)F)CC1)C(=O)O. The number of rotatable bonds is 4. The molecule has 1 rings (SSSR count). The smallest absolute Gasteiger partial charge is 0.391 e. The molecule has 1 atom stereocenters. The zero-order valence-electron chi connectivity index (χ0n) is 10.3. The van der Waals surface area contributed by atoms with Gasteiger partial charge in [-0.1, -0.05) is 0 Å². The minimum atomic E-state index is -4.30. The Labute approximate surface area is 109 Å². The molecule has 0 amide bonds. The van der Waals surface area contributed by atoms with Gasteiger partial charge in [0, 0.05) is 0 Å². The maximum atomic E-state index is 12.4. The van der Waals surface area contributed by atoms with Crippen LogP contribution in [0.2, 0.25) is 0 Å². The number of sulfonamides is 1. The third kappa shape index (κ3) is 4.34. The first kappa shape index (κ1) is 16.2. The normalized spacial score (nSPS) is 26.9. The minimum absolute atomic E-state index is 0.105. The van der Waals surface area contributed by atoms with Crippen LogP contribution in [0.3, 0.4) is 0 Å². The van der Waals surface area contributed by atoms with E-state index in [9.17, 15) is 26.4 Å². The van der Waals surface area contributed by atoms with Crippen LogP contribution < -0.4 is 4.72 Å². The molecule has 0 radical (unpaired) electrons. The van der Waals surface area contributed by atoms with Crippen molar-refractivity contribution < 1.29 is 31.5 Å². The molecule has 0 aromatic carbocycles. The summed E-state index contributed by atoms with van der Waals surface area (Å²) in [5, 5.41) is 7.67. The van der Waals surface area contributed by atoms with Crippen molar-refractivity contribution in [2.45, 2.75) is 50.1 Å². The van der Waals surface area contributed by atoms with Crippen LogP contribution in [0.1, 0.15) is 32.6 Å². The van der Waals surface area contributed by atoms with Crippen molar-refractivity contribution in [3.8, 4) is 0 Å². The zero-order chi connectivity index (χ0) is 14.8. The molecule has 0 unspecified atom stereocenters. The van der Waals surface area contributed by atoms with E-state index < -0.39 is 39.4 Å². The number of carboxylic acid groups (broad SMARTS) is 1. The lowest BCUT2D eigenvalue weighted by Gasteiger charge is -2.30. The Kier molecular flexibility index (Phi) is 4.83. The summed E-state index contributed by atoms with van der Waals surface area (Å²) >= 11 is 0. The fraction of sp³-hybridized carbons (Fsp3) is 0.900. The highest BCUT2D eigenvalue weighted by atomic mass is 32.2. The lowest BCUT2D eigenvalue weighted by atomic mass is 9.88. The first-order chi connectivity index (χ1) is 8.54. The molecule has 1 fully saturated rings. The Morgan fingerprint density at radius 3 is 2.11 bits per heavy atom. The number of carbonyl (C=O) groups is 1. The van der Waals surface area contributed by atoms with E-state index in [1.165, 1.54) is 6.92 Å². The molecule has 1 saturated carbocycles. The molecule has 0 spiro atoms. The molecule has 19 heavy (non-hydrogen) atoms. The molecular formula is C10H16F3NO4S. The second-order valence-electron chi connectivity index (χ2n) is 4.74. The molecule has 0 bridgehead atoms. The van der Waals surface area contributed by atoms with Crippen molar-refractivity contribution in [3.05, 3.63) is 0 Å².